The maximum atomic E-state index is 11.4. The Morgan fingerprint density at radius 3 is 2.94 bits per heavy atom. The van der Waals surface area contributed by atoms with Crippen LogP contribution in [-0.4, -0.2) is 32.8 Å². The van der Waals surface area contributed by atoms with E-state index in [0.717, 1.165) is 17.7 Å². The molecule has 0 unspecified atom stereocenters. The van der Waals surface area contributed by atoms with E-state index in [0.29, 0.717) is 13.2 Å². The number of amides is 1. The van der Waals surface area contributed by atoms with Crippen LogP contribution < -0.4 is 10.1 Å². The first kappa shape index (κ1) is 14.3. The number of rotatable bonds is 8. The van der Waals surface area contributed by atoms with E-state index < -0.39 is 0 Å². The maximum absolute atomic E-state index is 11.4. The lowest BCUT2D eigenvalue weighted by molar-refractivity contribution is -0.123. The van der Waals surface area contributed by atoms with Crippen LogP contribution in [-0.2, 0) is 16.0 Å². The van der Waals surface area contributed by atoms with Crippen molar-refractivity contribution in [2.75, 3.05) is 26.9 Å². The molecule has 4 heteroatoms. The summed E-state index contributed by atoms with van der Waals surface area (Å²) in [6.07, 6.45) is 2.53. The van der Waals surface area contributed by atoms with Gasteiger partial charge >= 0.3 is 0 Å². The molecule has 0 fully saturated rings. The Bertz CT molecular complexity index is 390. The minimum absolute atomic E-state index is 0.0118. The zero-order chi connectivity index (χ0) is 13.2. The molecule has 1 aromatic carbocycles. The van der Waals surface area contributed by atoms with E-state index in [1.165, 1.54) is 0 Å². The molecule has 1 N–H and O–H groups in total. The standard InChI is InChI=1S/C14H19NO3/c1-3-6-12-7-4-5-8-13(12)18-11-14(16)15-9-10-17-2/h3-5,7-8H,1,6,9-11H2,2H3,(H,15,16). The van der Waals surface area contributed by atoms with Gasteiger partial charge in [-0.05, 0) is 18.1 Å². The van der Waals surface area contributed by atoms with Crippen LogP contribution in [0.2, 0.25) is 0 Å². The summed E-state index contributed by atoms with van der Waals surface area (Å²) < 4.78 is 10.3. The molecule has 0 spiro atoms. The van der Waals surface area contributed by atoms with E-state index in [4.69, 9.17) is 9.47 Å². The van der Waals surface area contributed by atoms with Crippen molar-refractivity contribution in [2.45, 2.75) is 6.42 Å². The van der Waals surface area contributed by atoms with Gasteiger partial charge in [-0.1, -0.05) is 24.3 Å². The normalized spacial score (nSPS) is 9.83. The zero-order valence-corrected chi connectivity index (χ0v) is 10.6. The molecule has 0 heterocycles. The zero-order valence-electron chi connectivity index (χ0n) is 10.6. The second kappa shape index (κ2) is 8.31. The molecule has 0 saturated carbocycles. The van der Waals surface area contributed by atoms with Crippen LogP contribution in [0.5, 0.6) is 5.75 Å². The minimum Gasteiger partial charge on any atom is -0.483 e. The molecule has 0 atom stereocenters. The van der Waals surface area contributed by atoms with Gasteiger partial charge < -0.3 is 14.8 Å². The largest absolute Gasteiger partial charge is 0.483 e. The first-order chi connectivity index (χ1) is 8.77. The van der Waals surface area contributed by atoms with E-state index in [-0.39, 0.29) is 12.5 Å². The number of para-hydroxylation sites is 1. The highest BCUT2D eigenvalue weighted by Gasteiger charge is 2.05. The molecule has 98 valence electrons. The van der Waals surface area contributed by atoms with Gasteiger partial charge in [0.25, 0.3) is 5.91 Å². The van der Waals surface area contributed by atoms with E-state index in [1.54, 1.807) is 13.2 Å². The quantitative estimate of drug-likeness (QED) is 0.562. The van der Waals surface area contributed by atoms with Gasteiger partial charge in [-0.3, -0.25) is 4.79 Å². The fraction of sp³-hybridized carbons (Fsp3) is 0.357. The molecule has 0 aliphatic heterocycles. The van der Waals surface area contributed by atoms with Crippen LogP contribution in [0.4, 0.5) is 0 Å². The Labute approximate surface area is 108 Å². The molecule has 18 heavy (non-hydrogen) atoms. The van der Waals surface area contributed by atoms with Crippen molar-refractivity contribution in [3.8, 4) is 5.75 Å². The number of hydrogen-bond donors (Lipinski definition) is 1. The number of nitrogens with one attached hydrogen (secondary N) is 1. The molecule has 0 aliphatic carbocycles. The monoisotopic (exact) mass is 249 g/mol. The molecule has 0 radical (unpaired) electrons. The lowest BCUT2D eigenvalue weighted by atomic mass is 10.1. The van der Waals surface area contributed by atoms with E-state index in [9.17, 15) is 4.79 Å². The van der Waals surface area contributed by atoms with Gasteiger partial charge in [-0.2, -0.15) is 0 Å². The summed E-state index contributed by atoms with van der Waals surface area (Å²) in [5.74, 6) is 0.569. The highest BCUT2D eigenvalue weighted by Crippen LogP contribution is 2.18. The SMILES string of the molecule is C=CCc1ccccc1OCC(=O)NCCOC. The van der Waals surface area contributed by atoms with Crippen molar-refractivity contribution in [3.05, 3.63) is 42.5 Å². The van der Waals surface area contributed by atoms with Crippen LogP contribution in [0.1, 0.15) is 5.56 Å². The molecule has 0 aliphatic rings. The topological polar surface area (TPSA) is 47.6 Å². The van der Waals surface area contributed by atoms with Gasteiger partial charge in [0.05, 0.1) is 6.61 Å². The predicted octanol–water partition coefficient (Wildman–Crippen LogP) is 1.56. The predicted molar refractivity (Wildman–Crippen MR) is 70.7 cm³/mol. The Morgan fingerprint density at radius 2 is 2.22 bits per heavy atom. The summed E-state index contributed by atoms with van der Waals surface area (Å²) in [6, 6.07) is 7.62. The number of methoxy groups -OCH3 is 1. The molecular weight excluding hydrogens is 230 g/mol. The smallest absolute Gasteiger partial charge is 0.258 e. The minimum atomic E-state index is -0.152. The highest BCUT2D eigenvalue weighted by atomic mass is 16.5. The Hall–Kier alpha value is -1.81. The number of allylic oxidation sites excluding steroid dienone is 1. The number of carbonyl (C=O) groups excluding carboxylic acids is 1. The number of ether oxygens (including phenoxy) is 2. The van der Waals surface area contributed by atoms with Gasteiger partial charge in [0.15, 0.2) is 6.61 Å². The van der Waals surface area contributed by atoms with Crippen LogP contribution in [0.25, 0.3) is 0 Å². The van der Waals surface area contributed by atoms with Crippen molar-refractivity contribution in [1.29, 1.82) is 0 Å². The summed E-state index contributed by atoms with van der Waals surface area (Å²) in [6.45, 7) is 4.70. The fourth-order valence-electron chi connectivity index (χ4n) is 1.46. The van der Waals surface area contributed by atoms with E-state index in [2.05, 4.69) is 11.9 Å². The van der Waals surface area contributed by atoms with E-state index >= 15 is 0 Å². The molecule has 0 bridgehead atoms. The molecular formula is C14H19NO3. The third kappa shape index (κ3) is 5.01. The van der Waals surface area contributed by atoms with Gasteiger partial charge in [-0.25, -0.2) is 0 Å². The van der Waals surface area contributed by atoms with E-state index in [1.807, 2.05) is 24.3 Å². The van der Waals surface area contributed by atoms with Gasteiger partial charge in [0.2, 0.25) is 0 Å². The summed E-state index contributed by atoms with van der Waals surface area (Å²) in [7, 11) is 1.59. The third-order valence-electron chi connectivity index (χ3n) is 2.32. The molecule has 0 aromatic heterocycles. The first-order valence-electron chi connectivity index (χ1n) is 5.85. The van der Waals surface area contributed by atoms with Crippen LogP contribution >= 0.6 is 0 Å². The average Bonchev–Trinajstić information content (AvgIpc) is 2.38. The molecule has 1 rings (SSSR count). The second-order valence-electron chi connectivity index (χ2n) is 3.73. The van der Waals surface area contributed by atoms with Crippen molar-refractivity contribution >= 4 is 5.91 Å². The summed E-state index contributed by atoms with van der Waals surface area (Å²) in [5, 5.41) is 2.70. The second-order valence-corrected chi connectivity index (χ2v) is 3.73. The Kier molecular flexibility index (Phi) is 6.58. The van der Waals surface area contributed by atoms with Gasteiger partial charge in [0, 0.05) is 13.7 Å². The van der Waals surface area contributed by atoms with Gasteiger partial charge in [0.1, 0.15) is 5.75 Å². The molecule has 1 aromatic rings. The Morgan fingerprint density at radius 1 is 1.44 bits per heavy atom. The highest BCUT2D eigenvalue weighted by molar-refractivity contribution is 5.77. The molecule has 0 saturated heterocycles. The lowest BCUT2D eigenvalue weighted by Gasteiger charge is -2.10. The fourth-order valence-corrected chi connectivity index (χ4v) is 1.46. The summed E-state index contributed by atoms with van der Waals surface area (Å²) in [4.78, 5) is 11.4. The average molecular weight is 249 g/mol. The lowest BCUT2D eigenvalue weighted by Crippen LogP contribution is -2.31. The van der Waals surface area contributed by atoms with Crippen molar-refractivity contribution in [3.63, 3.8) is 0 Å². The van der Waals surface area contributed by atoms with Gasteiger partial charge in [-0.15, -0.1) is 6.58 Å². The van der Waals surface area contributed by atoms with Crippen LogP contribution in [0.15, 0.2) is 36.9 Å². The van der Waals surface area contributed by atoms with Crippen LogP contribution in [0, 0.1) is 0 Å². The van der Waals surface area contributed by atoms with Crippen molar-refractivity contribution in [2.24, 2.45) is 0 Å². The maximum Gasteiger partial charge on any atom is 0.258 e. The Balaban J connectivity index is 2.42. The number of benzene rings is 1. The molecule has 4 nitrogen and oxygen atoms in total. The first-order valence-corrected chi connectivity index (χ1v) is 5.85. The number of carbonyl (C=O) groups is 1. The summed E-state index contributed by atoms with van der Waals surface area (Å²) in [5.41, 5.74) is 1.03. The van der Waals surface area contributed by atoms with Crippen LogP contribution in [0.3, 0.4) is 0 Å². The van der Waals surface area contributed by atoms with Crippen molar-refractivity contribution < 1.29 is 14.3 Å². The number of hydrogen-bond acceptors (Lipinski definition) is 3. The third-order valence-corrected chi connectivity index (χ3v) is 2.32. The molecule has 1 amide bonds. The summed E-state index contributed by atoms with van der Waals surface area (Å²) >= 11 is 0. The van der Waals surface area contributed by atoms with Crippen molar-refractivity contribution in [1.82, 2.24) is 5.32 Å².